The summed E-state index contributed by atoms with van der Waals surface area (Å²) in [4.78, 5) is 17.9. The van der Waals surface area contributed by atoms with Gasteiger partial charge in [-0.15, -0.1) is 0 Å². The van der Waals surface area contributed by atoms with Crippen molar-refractivity contribution in [3.8, 4) is 5.75 Å². The third kappa shape index (κ3) is 2.43. The fourth-order valence-corrected chi connectivity index (χ4v) is 2.55. The molecule has 1 atom stereocenters. The Hall–Kier alpha value is -2.19. The molecule has 1 amide bonds. The van der Waals surface area contributed by atoms with Gasteiger partial charge in [-0.25, -0.2) is 9.78 Å². The second-order valence-corrected chi connectivity index (χ2v) is 4.93. The maximum Gasteiger partial charge on any atom is 0.418 e. The number of hydrogen-bond donors (Lipinski definition) is 1. The van der Waals surface area contributed by atoms with Crippen molar-refractivity contribution in [2.75, 3.05) is 31.1 Å². The molecule has 0 bridgehead atoms. The molecule has 0 aliphatic carbocycles. The number of carboxylic acid groups (broad SMARTS) is 1. The van der Waals surface area contributed by atoms with E-state index < -0.39 is 17.8 Å². The number of halogens is 3. The molecule has 1 fully saturated rings. The average Bonchev–Trinajstić information content (AvgIpc) is 2.44. The molecular formula is C12H12F3N3O3. The molecule has 6 nitrogen and oxygen atoms in total. The molecular weight excluding hydrogens is 291 g/mol. The van der Waals surface area contributed by atoms with Crippen molar-refractivity contribution in [3.63, 3.8) is 0 Å². The van der Waals surface area contributed by atoms with Crippen LogP contribution in [0.4, 0.5) is 23.8 Å². The Morgan fingerprint density at radius 3 is 2.86 bits per heavy atom. The Morgan fingerprint density at radius 1 is 1.43 bits per heavy atom. The third-order valence-electron chi connectivity index (χ3n) is 3.62. The summed E-state index contributed by atoms with van der Waals surface area (Å²) in [5.41, 5.74) is -0.858. The van der Waals surface area contributed by atoms with Gasteiger partial charge in [0.25, 0.3) is 0 Å². The monoisotopic (exact) mass is 303 g/mol. The number of nitrogens with zero attached hydrogens (tertiary/aromatic N) is 3. The van der Waals surface area contributed by atoms with Gasteiger partial charge in [0.2, 0.25) is 0 Å². The van der Waals surface area contributed by atoms with Crippen molar-refractivity contribution in [1.29, 1.82) is 0 Å². The predicted octanol–water partition coefficient (Wildman–Crippen LogP) is 1.66. The van der Waals surface area contributed by atoms with Gasteiger partial charge in [-0.3, -0.25) is 0 Å². The summed E-state index contributed by atoms with van der Waals surface area (Å²) in [5, 5.41) is 8.98. The van der Waals surface area contributed by atoms with Crippen LogP contribution in [0.25, 0.3) is 0 Å². The largest absolute Gasteiger partial charge is 0.487 e. The standard InChI is InChI=1S/C12H12F3N3O3/c13-12(14,15)7-3-9-10(16-4-7)18-2-1-17(11(19)20)5-8(18)6-21-9/h3-4,8H,1-2,5-6H2,(H,19,20)/t8-/m0/s1. The van der Waals surface area contributed by atoms with Gasteiger partial charge in [0.1, 0.15) is 6.61 Å². The summed E-state index contributed by atoms with van der Waals surface area (Å²) in [6, 6.07) is 0.703. The SMILES string of the molecule is O=C(O)N1CCN2c3ncc(C(F)(F)F)cc3OC[C@@H]2C1. The van der Waals surface area contributed by atoms with E-state index in [0.717, 1.165) is 12.3 Å². The zero-order valence-corrected chi connectivity index (χ0v) is 10.8. The first-order chi connectivity index (χ1) is 9.86. The Morgan fingerprint density at radius 2 is 2.19 bits per heavy atom. The summed E-state index contributed by atoms with van der Waals surface area (Å²) in [6.07, 6.45) is -4.71. The van der Waals surface area contributed by atoms with E-state index >= 15 is 0 Å². The molecule has 1 saturated heterocycles. The Labute approximate surface area is 117 Å². The molecule has 0 saturated carbocycles. The van der Waals surface area contributed by atoms with E-state index in [1.165, 1.54) is 4.90 Å². The lowest BCUT2D eigenvalue weighted by Crippen LogP contribution is -2.58. The molecule has 0 aromatic carbocycles. The first-order valence-electron chi connectivity index (χ1n) is 6.31. The lowest BCUT2D eigenvalue weighted by molar-refractivity contribution is -0.138. The van der Waals surface area contributed by atoms with E-state index in [9.17, 15) is 18.0 Å². The van der Waals surface area contributed by atoms with Gasteiger partial charge in [-0.1, -0.05) is 0 Å². The fraction of sp³-hybridized carbons (Fsp3) is 0.500. The lowest BCUT2D eigenvalue weighted by Gasteiger charge is -2.43. The van der Waals surface area contributed by atoms with Gasteiger partial charge >= 0.3 is 12.3 Å². The molecule has 0 unspecified atom stereocenters. The average molecular weight is 303 g/mol. The van der Waals surface area contributed by atoms with Crippen LogP contribution >= 0.6 is 0 Å². The van der Waals surface area contributed by atoms with Crippen molar-refractivity contribution in [2.24, 2.45) is 0 Å². The second-order valence-electron chi connectivity index (χ2n) is 4.93. The van der Waals surface area contributed by atoms with Crippen molar-refractivity contribution in [3.05, 3.63) is 17.8 Å². The Balaban J connectivity index is 1.86. The van der Waals surface area contributed by atoms with Crippen LogP contribution in [0.15, 0.2) is 12.3 Å². The minimum absolute atomic E-state index is 0.0878. The first-order valence-corrected chi connectivity index (χ1v) is 6.31. The zero-order chi connectivity index (χ0) is 15.2. The number of anilines is 1. The van der Waals surface area contributed by atoms with Crippen molar-refractivity contribution in [2.45, 2.75) is 12.2 Å². The quantitative estimate of drug-likeness (QED) is 0.789. The number of piperazine rings is 1. The number of rotatable bonds is 0. The minimum Gasteiger partial charge on any atom is -0.487 e. The van der Waals surface area contributed by atoms with Gasteiger partial charge in [0.05, 0.1) is 11.6 Å². The molecule has 0 spiro atoms. The van der Waals surface area contributed by atoms with Crippen LogP contribution in [0.2, 0.25) is 0 Å². The molecule has 1 N–H and O–H groups in total. The number of alkyl halides is 3. The van der Waals surface area contributed by atoms with Crippen molar-refractivity contribution < 1.29 is 27.8 Å². The number of fused-ring (bicyclic) bond motifs is 3. The maximum absolute atomic E-state index is 12.6. The summed E-state index contributed by atoms with van der Waals surface area (Å²) < 4.78 is 43.3. The highest BCUT2D eigenvalue weighted by Gasteiger charge is 2.38. The Kier molecular flexibility index (Phi) is 3.07. The normalized spacial score (nSPS) is 21.4. The van der Waals surface area contributed by atoms with E-state index in [2.05, 4.69) is 4.98 Å². The minimum atomic E-state index is -4.47. The highest BCUT2D eigenvalue weighted by molar-refractivity contribution is 5.66. The first kappa shape index (κ1) is 13.8. The topological polar surface area (TPSA) is 65.9 Å². The molecule has 3 heterocycles. The molecule has 2 aliphatic rings. The van der Waals surface area contributed by atoms with Crippen molar-refractivity contribution in [1.82, 2.24) is 9.88 Å². The van der Waals surface area contributed by atoms with Crippen LogP contribution in [-0.4, -0.2) is 53.4 Å². The van der Waals surface area contributed by atoms with Crippen molar-refractivity contribution >= 4 is 11.9 Å². The van der Waals surface area contributed by atoms with Crippen LogP contribution in [0, 0.1) is 0 Å². The second kappa shape index (κ2) is 4.68. The lowest BCUT2D eigenvalue weighted by atomic mass is 10.1. The number of aromatic nitrogens is 1. The number of carbonyl (C=O) groups is 1. The molecule has 21 heavy (non-hydrogen) atoms. The molecule has 9 heteroatoms. The number of amides is 1. The Bertz CT molecular complexity index is 579. The van der Waals surface area contributed by atoms with E-state index in [1.807, 2.05) is 0 Å². The van der Waals surface area contributed by atoms with Gasteiger partial charge < -0.3 is 19.6 Å². The van der Waals surface area contributed by atoms with Crippen LogP contribution < -0.4 is 9.64 Å². The van der Waals surface area contributed by atoms with Gasteiger partial charge in [0, 0.05) is 25.8 Å². The predicted molar refractivity (Wildman–Crippen MR) is 65.5 cm³/mol. The van der Waals surface area contributed by atoms with E-state index in [1.54, 1.807) is 4.90 Å². The van der Waals surface area contributed by atoms with Gasteiger partial charge in [-0.05, 0) is 6.07 Å². The summed E-state index contributed by atoms with van der Waals surface area (Å²) in [6.45, 7) is 1.05. The van der Waals surface area contributed by atoms with Crippen LogP contribution in [0.1, 0.15) is 5.56 Å². The summed E-state index contributed by atoms with van der Waals surface area (Å²) in [5.74, 6) is 0.425. The van der Waals surface area contributed by atoms with Crippen LogP contribution in [0.3, 0.4) is 0 Å². The molecule has 1 aromatic heterocycles. The van der Waals surface area contributed by atoms with Crippen LogP contribution in [-0.2, 0) is 6.18 Å². The van der Waals surface area contributed by atoms with Gasteiger partial charge in [-0.2, -0.15) is 13.2 Å². The molecule has 114 valence electrons. The summed E-state index contributed by atoms with van der Waals surface area (Å²) in [7, 11) is 0. The smallest absolute Gasteiger partial charge is 0.418 e. The number of pyridine rings is 1. The molecule has 0 radical (unpaired) electrons. The summed E-state index contributed by atoms with van der Waals surface area (Å²) >= 11 is 0. The van der Waals surface area contributed by atoms with E-state index in [0.29, 0.717) is 12.4 Å². The maximum atomic E-state index is 12.6. The van der Waals surface area contributed by atoms with Crippen LogP contribution in [0.5, 0.6) is 5.75 Å². The molecule has 1 aromatic rings. The zero-order valence-electron chi connectivity index (χ0n) is 10.8. The highest BCUT2D eigenvalue weighted by atomic mass is 19.4. The molecule has 3 rings (SSSR count). The van der Waals surface area contributed by atoms with E-state index in [4.69, 9.17) is 9.84 Å². The van der Waals surface area contributed by atoms with Gasteiger partial charge in [0.15, 0.2) is 11.6 Å². The fourth-order valence-electron chi connectivity index (χ4n) is 2.55. The number of hydrogen-bond acceptors (Lipinski definition) is 4. The molecule has 2 aliphatic heterocycles. The van der Waals surface area contributed by atoms with E-state index in [-0.39, 0.29) is 31.5 Å². The third-order valence-corrected chi connectivity index (χ3v) is 3.62. The number of ether oxygens (including phenoxy) is 1. The highest BCUT2D eigenvalue weighted by Crippen LogP contribution is 2.38.